The van der Waals surface area contributed by atoms with E-state index in [1.54, 1.807) is 0 Å². The van der Waals surface area contributed by atoms with E-state index in [9.17, 15) is 19.4 Å². The van der Waals surface area contributed by atoms with Gasteiger partial charge in [-0.2, -0.15) is 0 Å². The summed E-state index contributed by atoms with van der Waals surface area (Å²) in [6.07, 6.45) is -3.63. The van der Waals surface area contributed by atoms with Crippen molar-refractivity contribution in [3.05, 3.63) is 32.7 Å². The number of aromatic amines is 1. The Balaban J connectivity index is 2.18. The maximum absolute atomic E-state index is 13.8. The van der Waals surface area contributed by atoms with E-state index < -0.39 is 42.4 Å². The highest BCUT2D eigenvalue weighted by molar-refractivity contribution is 7.71. The molecule has 4 N–H and O–H groups in total. The monoisotopic (exact) mass is 343 g/mol. The smallest absolute Gasteiger partial charge is 0.228 e. The second kappa shape index (κ2) is 5.73. The molecule has 2 aromatic heterocycles. The number of rotatable bonds is 2. The molecule has 1 aliphatic rings. The van der Waals surface area contributed by atoms with Crippen molar-refractivity contribution in [3.63, 3.8) is 0 Å². The fourth-order valence-corrected chi connectivity index (χ4v) is 2.79. The summed E-state index contributed by atoms with van der Waals surface area (Å²) >= 11 is 5.10. The number of H-pyrrole nitrogens is 1. The first kappa shape index (κ1) is 16.1. The molecular weight excluding hydrogens is 329 g/mol. The van der Waals surface area contributed by atoms with Crippen molar-refractivity contribution in [1.82, 2.24) is 14.5 Å². The van der Waals surface area contributed by atoms with Gasteiger partial charge in [0.05, 0.1) is 17.7 Å². The normalized spacial score (nSPS) is 27.7. The highest BCUT2D eigenvalue weighted by Crippen LogP contribution is 2.29. The minimum atomic E-state index is -1.38. The molecule has 0 spiro atoms. The Labute approximate surface area is 133 Å². The van der Waals surface area contributed by atoms with Crippen LogP contribution in [0.25, 0.3) is 11.0 Å². The Morgan fingerprint density at radius 2 is 2.17 bits per heavy atom. The summed E-state index contributed by atoms with van der Waals surface area (Å²) in [6, 6.07) is 0. The molecule has 8 nitrogen and oxygen atoms in total. The van der Waals surface area contributed by atoms with Gasteiger partial charge in [-0.1, -0.05) is 0 Å². The lowest BCUT2D eigenvalue weighted by atomic mass is 10.1. The minimum Gasteiger partial charge on any atom is -0.394 e. The third-order valence-corrected chi connectivity index (χ3v) is 4.12. The summed E-state index contributed by atoms with van der Waals surface area (Å²) in [5, 5.41) is 28.9. The Bertz CT molecular complexity index is 882. The second-order valence-electron chi connectivity index (χ2n) is 5.31. The molecule has 23 heavy (non-hydrogen) atoms. The van der Waals surface area contributed by atoms with Gasteiger partial charge in [-0.3, -0.25) is 9.36 Å². The van der Waals surface area contributed by atoms with Gasteiger partial charge in [0.25, 0.3) is 0 Å². The van der Waals surface area contributed by atoms with E-state index in [0.29, 0.717) is 0 Å². The van der Waals surface area contributed by atoms with Crippen LogP contribution in [0.1, 0.15) is 11.9 Å². The summed E-state index contributed by atoms with van der Waals surface area (Å²) < 4.78 is 20.2. The lowest BCUT2D eigenvalue weighted by Gasteiger charge is -2.18. The summed E-state index contributed by atoms with van der Waals surface area (Å²) in [5.41, 5.74) is -0.712. The van der Waals surface area contributed by atoms with Crippen molar-refractivity contribution in [2.75, 3.05) is 6.61 Å². The lowest BCUT2D eigenvalue weighted by molar-refractivity contribution is -0.0538. The maximum Gasteiger partial charge on any atom is 0.228 e. The average Bonchev–Trinajstić information content (AvgIpc) is 2.80. The first-order valence-electron chi connectivity index (χ1n) is 6.79. The first-order chi connectivity index (χ1) is 10.8. The number of aliphatic hydroxyl groups is 3. The van der Waals surface area contributed by atoms with Crippen LogP contribution in [-0.2, 0) is 4.74 Å². The van der Waals surface area contributed by atoms with Crippen LogP contribution in [0.4, 0.5) is 4.39 Å². The highest BCUT2D eigenvalue weighted by atomic mass is 32.1. The highest BCUT2D eigenvalue weighted by Gasteiger charge is 2.43. The number of ether oxygens (including phenoxy) is 1. The third kappa shape index (κ3) is 2.48. The molecule has 3 rings (SSSR count). The van der Waals surface area contributed by atoms with Gasteiger partial charge in [0.1, 0.15) is 24.0 Å². The molecule has 3 heterocycles. The number of pyridine rings is 1. The molecule has 0 bridgehead atoms. The quantitative estimate of drug-likeness (QED) is 0.543. The van der Waals surface area contributed by atoms with Crippen molar-refractivity contribution in [1.29, 1.82) is 0 Å². The Kier molecular flexibility index (Phi) is 4.02. The average molecular weight is 343 g/mol. The molecule has 0 aliphatic carbocycles. The molecule has 2 aromatic rings. The van der Waals surface area contributed by atoms with Gasteiger partial charge in [0, 0.05) is 6.20 Å². The fraction of sp³-hybridized carbons (Fsp3) is 0.462. The molecule has 0 amide bonds. The summed E-state index contributed by atoms with van der Waals surface area (Å²) in [6.45, 7) is 0.894. The maximum atomic E-state index is 13.8. The Morgan fingerprint density at radius 1 is 1.48 bits per heavy atom. The van der Waals surface area contributed by atoms with Crippen LogP contribution in [0.2, 0.25) is 0 Å². The van der Waals surface area contributed by atoms with E-state index >= 15 is 0 Å². The molecule has 1 aliphatic heterocycles. The van der Waals surface area contributed by atoms with Crippen LogP contribution < -0.4 is 5.43 Å². The number of nitrogens with zero attached hydrogens (tertiary/aromatic N) is 2. The SMILES string of the molecule is Cc1[nH]c2nc(=S)n([C@@H]3O[C@H](CO)C(O)C3O)cc2c(=O)c1F. The zero-order valence-electron chi connectivity index (χ0n) is 11.9. The summed E-state index contributed by atoms with van der Waals surface area (Å²) in [4.78, 5) is 18.7. The van der Waals surface area contributed by atoms with E-state index in [1.807, 2.05) is 0 Å². The number of aromatic nitrogens is 3. The van der Waals surface area contributed by atoms with Gasteiger partial charge >= 0.3 is 0 Å². The molecule has 2 unspecified atom stereocenters. The van der Waals surface area contributed by atoms with Gasteiger partial charge in [-0.15, -0.1) is 0 Å². The largest absolute Gasteiger partial charge is 0.394 e. The van der Waals surface area contributed by atoms with Crippen LogP contribution in [0.15, 0.2) is 11.0 Å². The van der Waals surface area contributed by atoms with Crippen LogP contribution in [0.3, 0.4) is 0 Å². The fourth-order valence-electron chi connectivity index (χ4n) is 2.54. The minimum absolute atomic E-state index is 0.0333. The number of aliphatic hydroxyl groups excluding tert-OH is 3. The molecule has 1 fully saturated rings. The molecule has 0 saturated carbocycles. The second-order valence-corrected chi connectivity index (χ2v) is 5.68. The van der Waals surface area contributed by atoms with Crippen LogP contribution in [0.5, 0.6) is 0 Å². The van der Waals surface area contributed by atoms with Gasteiger partial charge < -0.3 is 25.0 Å². The number of hydrogen-bond acceptors (Lipinski definition) is 7. The first-order valence-corrected chi connectivity index (χ1v) is 7.19. The van der Waals surface area contributed by atoms with E-state index in [1.165, 1.54) is 13.1 Å². The predicted octanol–water partition coefficient (Wildman–Crippen LogP) is -0.487. The third-order valence-electron chi connectivity index (χ3n) is 3.82. The van der Waals surface area contributed by atoms with Crippen molar-refractivity contribution in [2.45, 2.75) is 31.5 Å². The number of nitrogens with one attached hydrogen (secondary N) is 1. The van der Waals surface area contributed by atoms with Gasteiger partial charge in [-0.25, -0.2) is 9.37 Å². The van der Waals surface area contributed by atoms with Gasteiger partial charge in [0.15, 0.2) is 12.0 Å². The van der Waals surface area contributed by atoms with Gasteiger partial charge in [0.2, 0.25) is 10.2 Å². The topological polar surface area (TPSA) is 121 Å². The number of fused-ring (bicyclic) bond motifs is 1. The molecule has 0 radical (unpaired) electrons. The summed E-state index contributed by atoms with van der Waals surface area (Å²) in [7, 11) is 0. The van der Waals surface area contributed by atoms with Crippen LogP contribution in [-0.4, -0.2) is 54.8 Å². The molecule has 1 saturated heterocycles. The standard InChI is InChI=1S/C13H14FN3O5S/c1-4-7(14)8(19)5-2-17(13(23)16-11(5)15-4)12-10(21)9(20)6(3-18)22-12/h2,6,9-10,12,18,20-21H,3H2,1H3,(H,15,16,23)/t6-,9?,10?,12-/m1/s1. The number of aryl methyl sites for hydroxylation is 1. The van der Waals surface area contributed by atoms with Crippen molar-refractivity contribution in [2.24, 2.45) is 0 Å². The predicted molar refractivity (Wildman–Crippen MR) is 78.9 cm³/mol. The molecule has 0 aromatic carbocycles. The Morgan fingerprint density at radius 3 is 2.78 bits per heavy atom. The zero-order valence-corrected chi connectivity index (χ0v) is 12.7. The van der Waals surface area contributed by atoms with Crippen molar-refractivity contribution < 1.29 is 24.4 Å². The molecular formula is C13H14FN3O5S. The van der Waals surface area contributed by atoms with E-state index in [0.717, 1.165) is 4.57 Å². The molecule has 124 valence electrons. The van der Waals surface area contributed by atoms with Gasteiger partial charge in [-0.05, 0) is 19.1 Å². The van der Waals surface area contributed by atoms with Crippen LogP contribution >= 0.6 is 12.2 Å². The zero-order chi connectivity index (χ0) is 16.9. The summed E-state index contributed by atoms with van der Waals surface area (Å²) in [5.74, 6) is -0.941. The number of halogens is 1. The van der Waals surface area contributed by atoms with Crippen LogP contribution in [0, 0.1) is 17.5 Å². The van der Waals surface area contributed by atoms with Crippen molar-refractivity contribution >= 4 is 23.3 Å². The number of hydrogen-bond donors (Lipinski definition) is 4. The molecule has 4 atom stereocenters. The molecule has 10 heteroatoms. The Hall–Kier alpha value is -1.72. The van der Waals surface area contributed by atoms with Crippen molar-refractivity contribution in [3.8, 4) is 0 Å². The lowest BCUT2D eigenvalue weighted by Crippen LogP contribution is -2.33. The van der Waals surface area contributed by atoms with E-state index in [2.05, 4.69) is 9.97 Å². The van der Waals surface area contributed by atoms with E-state index in [4.69, 9.17) is 22.1 Å². The van der Waals surface area contributed by atoms with E-state index in [-0.39, 0.29) is 21.5 Å².